The molecule has 0 spiro atoms. The number of nitrogens with one attached hydrogen (secondary N) is 13. The smallest absolute Gasteiger partial charge is 0.329 e. The van der Waals surface area contributed by atoms with Gasteiger partial charge < -0.3 is 121 Å². The van der Waals surface area contributed by atoms with Crippen LogP contribution in [0.2, 0.25) is 0 Å². The number of carbonyl (C=O) groups is 20. The standard InChI is InChI=1S/C71H107N17O26/c1-7-9-10-11-12-13-14-22-49(90)78-44(28-38-32-75-40-20-16-15-19-39(38)40)66(108)81-43(24-26-53(95)96)65(107)87-58(59(101)60(74)102)69(111)86-57-37(5)114-71(113)56(35(3)8-2)85-64(106)42(23-25-52(93)94)82-67(109)45(29-48(73)89)79-50(91)33-76-62(104)46(30-54(97)98)84-63(105)41(21-17-18-27-72)80-68(110)47(31-55(99)100)83-61(103)36(4)77-51(92)34-88(6)70(57)112/h15-16,19-20,32,35-37,41-47,56-59,75,101H,7-14,17-18,21-31,33-34,72H2,1-6H3,(H2,73,89)(H2,74,102)(H,76,104)(H,77,92)(H,78,90)(H,79,91)(H,80,110)(H,81,108)(H,82,109)(H,83,103)(H,84,105)(H,85,106)(H,86,111)(H,87,107)(H,93,94)(H,95,96)(H,97,98)(H,99,100). The molecule has 2 heterocycles. The van der Waals surface area contributed by atoms with Crippen molar-refractivity contribution in [2.24, 2.45) is 23.1 Å². The van der Waals surface area contributed by atoms with Crippen LogP contribution >= 0.6 is 0 Å². The molecule has 114 heavy (non-hydrogen) atoms. The molecule has 1 aliphatic rings. The molecule has 0 saturated carbocycles. The van der Waals surface area contributed by atoms with Crippen LogP contribution in [0.4, 0.5) is 0 Å². The summed E-state index contributed by atoms with van der Waals surface area (Å²) in [6.07, 6.45) is -4.48. The van der Waals surface area contributed by atoms with Gasteiger partial charge in [-0.15, -0.1) is 0 Å². The SMILES string of the molecule is CCCCCCCCCC(=O)NC(Cc1c[nH]c2ccccc12)C(=O)NC(CCC(=O)O)C(=O)NC(C(=O)NC1C(=O)N(C)CC(=O)NC(C)C(=O)NC(CC(=O)O)C(=O)NC(CCCCN)C(=O)NC(CC(=O)O)C(=O)NCC(=O)NC(CC(N)=O)C(=O)NC(CCC(=O)O)C(=O)NC(C(C)CC)C(=O)OC1C)C(O)C(N)=O. The molecule has 1 aliphatic heterocycles. The molecule has 2 aromatic rings. The largest absolute Gasteiger partial charge is 0.481 e. The summed E-state index contributed by atoms with van der Waals surface area (Å²) in [4.78, 5) is 275. The number of aliphatic hydroxyl groups excluding tert-OH is 1. The highest BCUT2D eigenvalue weighted by Gasteiger charge is 2.43. The normalized spacial score (nSPS) is 21.7. The Balaban J connectivity index is 2.26. The van der Waals surface area contributed by atoms with E-state index in [-0.39, 0.29) is 45.1 Å². The lowest BCUT2D eigenvalue weighted by Gasteiger charge is -2.32. The first-order chi connectivity index (χ1) is 53.7. The van der Waals surface area contributed by atoms with E-state index < -0.39 is 261 Å². The Morgan fingerprint density at radius 3 is 1.73 bits per heavy atom. The number of para-hydroxylation sites is 1. The van der Waals surface area contributed by atoms with E-state index in [1.165, 1.54) is 13.8 Å². The molecule has 632 valence electrons. The van der Waals surface area contributed by atoms with Gasteiger partial charge in [0, 0.05) is 49.8 Å². The van der Waals surface area contributed by atoms with Gasteiger partial charge in [0.1, 0.15) is 72.6 Å². The number of ether oxygens (including phenoxy) is 1. The van der Waals surface area contributed by atoms with E-state index in [2.05, 4.69) is 65.1 Å². The summed E-state index contributed by atoms with van der Waals surface area (Å²) in [6, 6.07) is -15.2. The zero-order valence-electron chi connectivity index (χ0n) is 64.2. The van der Waals surface area contributed by atoms with E-state index in [1.807, 2.05) is 10.6 Å². The Morgan fingerprint density at radius 2 is 1.14 bits per heavy atom. The third-order valence-electron chi connectivity index (χ3n) is 18.2. The van der Waals surface area contributed by atoms with Crippen LogP contribution in [0.3, 0.4) is 0 Å². The molecule has 1 fully saturated rings. The zero-order valence-corrected chi connectivity index (χ0v) is 64.2. The molecule has 1 saturated heterocycles. The number of fused-ring (bicyclic) bond motifs is 1. The molecule has 15 amide bonds. The number of amides is 15. The number of cyclic esters (lactones) is 1. The predicted molar refractivity (Wildman–Crippen MR) is 397 cm³/mol. The van der Waals surface area contributed by atoms with Crippen LogP contribution in [-0.2, 0) is 107 Å². The van der Waals surface area contributed by atoms with Gasteiger partial charge in [0.05, 0.1) is 32.4 Å². The fraction of sp³-hybridized carbons (Fsp3) is 0.606. The molecule has 3 rings (SSSR count). The number of rotatable bonds is 37. The summed E-state index contributed by atoms with van der Waals surface area (Å²) < 4.78 is 5.75. The van der Waals surface area contributed by atoms with Crippen molar-refractivity contribution in [1.29, 1.82) is 0 Å². The average molecular weight is 1610 g/mol. The summed E-state index contributed by atoms with van der Waals surface area (Å²) >= 11 is 0. The van der Waals surface area contributed by atoms with Crippen molar-refractivity contribution in [3.63, 3.8) is 0 Å². The maximum Gasteiger partial charge on any atom is 0.329 e. The molecule has 1 aromatic heterocycles. The van der Waals surface area contributed by atoms with E-state index in [4.69, 9.17) is 21.9 Å². The Hall–Kier alpha value is -11.9. The number of primary amides is 2. The average Bonchev–Trinajstić information content (AvgIpc) is 1.43. The third kappa shape index (κ3) is 33.6. The number of carboxylic acid groups (broad SMARTS) is 4. The number of likely N-dealkylation sites (N-methyl/N-ethyl adjacent to an activating group) is 1. The first-order valence-electron chi connectivity index (χ1n) is 37.1. The van der Waals surface area contributed by atoms with Crippen molar-refractivity contribution in [3.8, 4) is 0 Å². The van der Waals surface area contributed by atoms with Gasteiger partial charge >= 0.3 is 29.8 Å². The summed E-state index contributed by atoms with van der Waals surface area (Å²) in [5.74, 6) is -29.0. The van der Waals surface area contributed by atoms with Gasteiger partial charge in [0.25, 0.3) is 0 Å². The van der Waals surface area contributed by atoms with Crippen molar-refractivity contribution in [1.82, 2.24) is 73.7 Å². The van der Waals surface area contributed by atoms with E-state index in [1.54, 1.807) is 30.5 Å². The summed E-state index contributed by atoms with van der Waals surface area (Å²) in [6.45, 7) is 4.63. The molecule has 0 radical (unpaired) electrons. The van der Waals surface area contributed by atoms with E-state index in [0.717, 1.165) is 53.0 Å². The van der Waals surface area contributed by atoms with Crippen molar-refractivity contribution in [2.75, 3.05) is 26.7 Å². The van der Waals surface area contributed by atoms with Crippen molar-refractivity contribution in [2.45, 2.75) is 242 Å². The van der Waals surface area contributed by atoms with Gasteiger partial charge in [0.2, 0.25) is 88.6 Å². The van der Waals surface area contributed by atoms with E-state index >= 15 is 0 Å². The number of carbonyl (C=O) groups excluding carboxylic acids is 16. The number of H-pyrrole nitrogens is 1. The number of esters is 1. The fourth-order valence-corrected chi connectivity index (χ4v) is 11.6. The Labute approximate surface area is 654 Å². The van der Waals surface area contributed by atoms with Crippen molar-refractivity contribution >= 4 is 129 Å². The van der Waals surface area contributed by atoms with Crippen LogP contribution < -0.4 is 81.0 Å². The first kappa shape index (κ1) is 96.3. The molecular weight excluding hydrogens is 1510 g/mol. The van der Waals surface area contributed by atoms with Gasteiger partial charge in [-0.25, -0.2) is 4.79 Å². The highest BCUT2D eigenvalue weighted by atomic mass is 16.5. The zero-order chi connectivity index (χ0) is 85.6. The summed E-state index contributed by atoms with van der Waals surface area (Å²) in [7, 11) is 0.901. The second-order valence-electron chi connectivity index (χ2n) is 27.5. The number of aromatic nitrogens is 1. The number of aliphatic hydroxyl groups is 1. The first-order valence-corrected chi connectivity index (χ1v) is 37.1. The second kappa shape index (κ2) is 48.8. The molecule has 0 aliphatic carbocycles. The number of hydrogen-bond donors (Lipinski definition) is 21. The third-order valence-corrected chi connectivity index (χ3v) is 18.2. The number of hydrogen-bond acceptors (Lipinski definition) is 23. The van der Waals surface area contributed by atoms with E-state index in [9.17, 15) is 121 Å². The monoisotopic (exact) mass is 1610 g/mol. The van der Waals surface area contributed by atoms with Gasteiger partial charge in [-0.2, -0.15) is 0 Å². The highest BCUT2D eigenvalue weighted by molar-refractivity contribution is 6.02. The molecule has 14 atom stereocenters. The van der Waals surface area contributed by atoms with Crippen LogP contribution in [0.25, 0.3) is 10.9 Å². The minimum Gasteiger partial charge on any atom is -0.481 e. The topological polar surface area (TPSA) is 693 Å². The van der Waals surface area contributed by atoms with Crippen molar-refractivity contribution in [3.05, 3.63) is 36.0 Å². The lowest BCUT2D eigenvalue weighted by molar-refractivity contribution is -0.159. The van der Waals surface area contributed by atoms with Gasteiger partial charge in [0.15, 0.2) is 6.10 Å². The molecule has 43 heteroatoms. The number of aromatic amines is 1. The van der Waals surface area contributed by atoms with Gasteiger partial charge in [-0.05, 0) is 76.5 Å². The number of carboxylic acids is 4. The molecule has 14 unspecified atom stereocenters. The van der Waals surface area contributed by atoms with Crippen LogP contribution in [0, 0.1) is 5.92 Å². The van der Waals surface area contributed by atoms with E-state index in [0.29, 0.717) is 34.2 Å². The Kier molecular flexibility index (Phi) is 41.2. The van der Waals surface area contributed by atoms with Crippen LogP contribution in [0.15, 0.2) is 30.5 Å². The van der Waals surface area contributed by atoms with Crippen molar-refractivity contribution < 1.29 is 126 Å². The summed E-state index contributed by atoms with van der Waals surface area (Å²) in [5, 5.41) is 77.7. The van der Waals surface area contributed by atoms with Gasteiger partial charge in [-0.3, -0.25) is 91.1 Å². The van der Waals surface area contributed by atoms with Crippen LogP contribution in [0.5, 0.6) is 0 Å². The number of nitrogens with two attached hydrogens (primary N) is 3. The quantitative estimate of drug-likeness (QED) is 0.0221. The Morgan fingerprint density at radius 1 is 0.588 bits per heavy atom. The lowest BCUT2D eigenvalue weighted by Crippen LogP contribution is -2.64. The number of benzene rings is 1. The molecule has 43 nitrogen and oxygen atoms in total. The molecular formula is C71H107N17O26. The minimum absolute atomic E-state index is 0.0192. The van der Waals surface area contributed by atoms with Crippen LogP contribution in [0.1, 0.15) is 162 Å². The summed E-state index contributed by atoms with van der Waals surface area (Å²) in [5.41, 5.74) is 17.7. The second-order valence-corrected chi connectivity index (χ2v) is 27.5. The van der Waals surface area contributed by atoms with Gasteiger partial charge in [-0.1, -0.05) is 83.9 Å². The maximum absolute atomic E-state index is 15.0. The number of aliphatic carboxylic acids is 4. The Bertz CT molecular complexity index is 3780. The predicted octanol–water partition coefficient (Wildman–Crippen LogP) is -5.70. The number of nitrogens with zero attached hydrogens (tertiary/aromatic N) is 1. The number of unbranched alkanes of at least 4 members (excludes halogenated alkanes) is 7. The maximum atomic E-state index is 15.0. The van der Waals surface area contributed by atoms with Crippen LogP contribution in [-0.4, -0.2) is 259 Å². The minimum atomic E-state index is -2.79. The highest BCUT2D eigenvalue weighted by Crippen LogP contribution is 2.21. The molecule has 0 bridgehead atoms. The lowest BCUT2D eigenvalue weighted by atomic mass is 9.98. The molecule has 24 N–H and O–H groups in total. The molecule has 1 aromatic carbocycles. The fourth-order valence-electron chi connectivity index (χ4n) is 11.6.